The number of rotatable bonds is 3. The van der Waals surface area contributed by atoms with E-state index in [1.165, 1.54) is 12.8 Å². The Balaban J connectivity index is 1.37. The maximum atomic E-state index is 6.16. The first-order chi connectivity index (χ1) is 12.3. The van der Waals surface area contributed by atoms with Crippen molar-refractivity contribution < 1.29 is 9.15 Å². The Morgan fingerprint density at radius 3 is 3.00 bits per heavy atom. The smallest absolute Gasteiger partial charge is 0.176 e. The number of furan rings is 1. The summed E-state index contributed by atoms with van der Waals surface area (Å²) in [7, 11) is 0. The quantitative estimate of drug-likeness (QED) is 0.795. The molecule has 0 amide bonds. The first-order valence-corrected chi connectivity index (χ1v) is 9.14. The predicted molar refractivity (Wildman–Crippen MR) is 96.3 cm³/mol. The highest BCUT2D eigenvalue weighted by Crippen LogP contribution is 2.41. The molecule has 0 aliphatic carbocycles. The van der Waals surface area contributed by atoms with Gasteiger partial charge in [0.05, 0.1) is 19.3 Å². The van der Waals surface area contributed by atoms with Gasteiger partial charge in [-0.2, -0.15) is 0 Å². The molecule has 1 unspecified atom stereocenters. The summed E-state index contributed by atoms with van der Waals surface area (Å²) in [5.74, 6) is 1.70. The van der Waals surface area contributed by atoms with Gasteiger partial charge in [0.2, 0.25) is 0 Å². The number of aromatic nitrogens is 2. The van der Waals surface area contributed by atoms with Crippen molar-refractivity contribution in [1.82, 2.24) is 14.9 Å². The molecular formula is C20H23N3O2. The first-order valence-electron chi connectivity index (χ1n) is 9.14. The van der Waals surface area contributed by atoms with Gasteiger partial charge >= 0.3 is 0 Å². The van der Waals surface area contributed by atoms with E-state index in [9.17, 15) is 0 Å². The fourth-order valence-corrected chi connectivity index (χ4v) is 4.31. The molecule has 2 fully saturated rings. The van der Waals surface area contributed by atoms with Crippen molar-refractivity contribution in [3.63, 3.8) is 0 Å². The van der Waals surface area contributed by atoms with Gasteiger partial charge in [-0.05, 0) is 49.9 Å². The minimum atomic E-state index is 0.260. The second kappa shape index (κ2) is 6.00. The molecule has 0 radical (unpaired) electrons. The average molecular weight is 337 g/mol. The topological polar surface area (TPSA) is 52.2 Å². The van der Waals surface area contributed by atoms with Crippen LogP contribution in [0.5, 0.6) is 0 Å². The molecule has 25 heavy (non-hydrogen) atoms. The molecule has 5 heteroatoms. The summed E-state index contributed by atoms with van der Waals surface area (Å²) in [4.78, 5) is 4.53. The summed E-state index contributed by atoms with van der Waals surface area (Å²) in [5, 5.41) is 4.57. The van der Waals surface area contributed by atoms with Gasteiger partial charge in [-0.1, -0.05) is 18.2 Å². The normalized spacial score (nSPS) is 22.8. The summed E-state index contributed by atoms with van der Waals surface area (Å²) >= 11 is 0. The van der Waals surface area contributed by atoms with Crippen LogP contribution in [0.15, 0.2) is 47.1 Å². The van der Waals surface area contributed by atoms with Crippen LogP contribution in [0.25, 0.3) is 22.6 Å². The largest absolute Gasteiger partial charge is 0.453 e. The van der Waals surface area contributed by atoms with Crippen LogP contribution in [0, 0.1) is 5.41 Å². The summed E-state index contributed by atoms with van der Waals surface area (Å²) in [5.41, 5.74) is 1.29. The first kappa shape index (κ1) is 15.2. The van der Waals surface area contributed by atoms with Crippen LogP contribution in [0.3, 0.4) is 0 Å². The minimum Gasteiger partial charge on any atom is -0.453 e. The molecule has 0 bridgehead atoms. The van der Waals surface area contributed by atoms with Crippen molar-refractivity contribution in [1.29, 1.82) is 0 Å². The van der Waals surface area contributed by atoms with Crippen LogP contribution >= 0.6 is 0 Å². The van der Waals surface area contributed by atoms with Crippen LogP contribution in [0.1, 0.15) is 19.3 Å². The van der Waals surface area contributed by atoms with Gasteiger partial charge in [0.15, 0.2) is 11.6 Å². The standard InChI is InChI=1S/C20H23N3O2/c1-2-4-17-15(3-1)11-18(25-17)19-22-9-10-23(19)13-16-12-20(14-24-16)5-7-21-8-6-20/h1-4,9-11,16,21H,5-8,12-14H2. The lowest BCUT2D eigenvalue weighted by Gasteiger charge is -2.32. The summed E-state index contributed by atoms with van der Waals surface area (Å²) < 4.78 is 14.3. The van der Waals surface area contributed by atoms with Crippen LogP contribution in [0.4, 0.5) is 0 Å². The molecule has 5 nitrogen and oxygen atoms in total. The number of ether oxygens (including phenoxy) is 1. The lowest BCUT2D eigenvalue weighted by Crippen LogP contribution is -2.37. The van der Waals surface area contributed by atoms with Crippen molar-refractivity contribution >= 4 is 11.0 Å². The molecule has 2 saturated heterocycles. The van der Waals surface area contributed by atoms with E-state index in [0.717, 1.165) is 55.2 Å². The molecule has 2 aromatic heterocycles. The molecule has 1 atom stereocenters. The lowest BCUT2D eigenvalue weighted by molar-refractivity contribution is 0.0777. The number of piperidine rings is 1. The van der Waals surface area contributed by atoms with Gasteiger partial charge < -0.3 is 19.0 Å². The van der Waals surface area contributed by atoms with Crippen LogP contribution in [0.2, 0.25) is 0 Å². The van der Waals surface area contributed by atoms with Gasteiger partial charge in [0.1, 0.15) is 5.58 Å². The van der Waals surface area contributed by atoms with Gasteiger partial charge in [-0.15, -0.1) is 0 Å². The number of benzene rings is 1. The molecule has 1 spiro atoms. The fraction of sp³-hybridized carbons (Fsp3) is 0.450. The Labute approximate surface area is 147 Å². The van der Waals surface area contributed by atoms with E-state index in [1.807, 2.05) is 30.6 Å². The van der Waals surface area contributed by atoms with Crippen LogP contribution < -0.4 is 5.32 Å². The monoisotopic (exact) mass is 337 g/mol. The zero-order valence-corrected chi connectivity index (χ0v) is 14.3. The third-order valence-corrected chi connectivity index (χ3v) is 5.71. The highest BCUT2D eigenvalue weighted by molar-refractivity contribution is 5.81. The Kier molecular flexibility index (Phi) is 3.64. The number of nitrogens with zero attached hydrogens (tertiary/aromatic N) is 2. The molecule has 2 aliphatic heterocycles. The van der Waals surface area contributed by atoms with Gasteiger partial charge in [-0.3, -0.25) is 0 Å². The zero-order valence-electron chi connectivity index (χ0n) is 14.3. The number of fused-ring (bicyclic) bond motifs is 1. The van der Waals surface area contributed by atoms with E-state index in [4.69, 9.17) is 9.15 Å². The molecule has 130 valence electrons. The number of imidazole rings is 1. The lowest BCUT2D eigenvalue weighted by atomic mass is 9.77. The number of nitrogens with one attached hydrogen (secondary N) is 1. The maximum Gasteiger partial charge on any atom is 0.176 e. The fourth-order valence-electron chi connectivity index (χ4n) is 4.31. The van der Waals surface area contributed by atoms with E-state index in [2.05, 4.69) is 27.0 Å². The third kappa shape index (κ3) is 2.77. The van der Waals surface area contributed by atoms with E-state index in [-0.39, 0.29) is 6.10 Å². The SMILES string of the molecule is c1ccc2oc(-c3nccn3CC3CC4(CCNCC4)CO3)cc2c1. The number of para-hydroxylation sites is 1. The molecule has 0 saturated carbocycles. The van der Waals surface area contributed by atoms with E-state index in [1.54, 1.807) is 0 Å². The summed E-state index contributed by atoms with van der Waals surface area (Å²) in [6, 6.07) is 10.1. The predicted octanol–water partition coefficient (Wildman–Crippen LogP) is 3.46. The van der Waals surface area contributed by atoms with E-state index < -0.39 is 0 Å². The van der Waals surface area contributed by atoms with Crippen LogP contribution in [-0.4, -0.2) is 35.4 Å². The Morgan fingerprint density at radius 1 is 1.24 bits per heavy atom. The Hall–Kier alpha value is -2.11. The minimum absolute atomic E-state index is 0.260. The average Bonchev–Trinajstić information content (AvgIpc) is 3.34. The van der Waals surface area contributed by atoms with E-state index in [0.29, 0.717) is 5.41 Å². The molecule has 5 rings (SSSR count). The van der Waals surface area contributed by atoms with Crippen molar-refractivity contribution in [3.05, 3.63) is 42.7 Å². The highest BCUT2D eigenvalue weighted by Gasteiger charge is 2.41. The molecule has 2 aliphatic rings. The molecular weight excluding hydrogens is 314 g/mol. The van der Waals surface area contributed by atoms with Crippen molar-refractivity contribution in [2.45, 2.75) is 31.9 Å². The summed E-state index contributed by atoms with van der Waals surface area (Å²) in [6.07, 6.45) is 7.73. The second-order valence-corrected chi connectivity index (χ2v) is 7.44. The van der Waals surface area contributed by atoms with Crippen LogP contribution in [-0.2, 0) is 11.3 Å². The molecule has 1 aromatic carbocycles. The maximum absolute atomic E-state index is 6.16. The molecule has 3 aromatic rings. The second-order valence-electron chi connectivity index (χ2n) is 7.44. The van der Waals surface area contributed by atoms with Crippen molar-refractivity contribution in [2.75, 3.05) is 19.7 Å². The number of hydrogen-bond acceptors (Lipinski definition) is 4. The van der Waals surface area contributed by atoms with E-state index >= 15 is 0 Å². The highest BCUT2D eigenvalue weighted by atomic mass is 16.5. The summed E-state index contributed by atoms with van der Waals surface area (Å²) in [6.45, 7) is 3.96. The van der Waals surface area contributed by atoms with Gasteiger partial charge in [-0.25, -0.2) is 4.98 Å². The third-order valence-electron chi connectivity index (χ3n) is 5.71. The Bertz CT molecular complexity index is 843. The van der Waals surface area contributed by atoms with Crippen molar-refractivity contribution in [2.24, 2.45) is 5.41 Å². The zero-order chi connectivity index (χ0) is 16.7. The number of hydrogen-bond donors (Lipinski definition) is 1. The molecule has 4 heterocycles. The van der Waals surface area contributed by atoms with Gasteiger partial charge in [0, 0.05) is 17.8 Å². The van der Waals surface area contributed by atoms with Crippen molar-refractivity contribution in [3.8, 4) is 11.6 Å². The molecule has 1 N–H and O–H groups in total. The Morgan fingerprint density at radius 2 is 2.12 bits per heavy atom. The van der Waals surface area contributed by atoms with Gasteiger partial charge in [0.25, 0.3) is 0 Å².